The molecule has 0 aromatic carbocycles. The Hall–Kier alpha value is -1.85. The van der Waals surface area contributed by atoms with Gasteiger partial charge in [0.25, 0.3) is 0 Å². The molecule has 0 N–H and O–H groups in total. The fourth-order valence-corrected chi connectivity index (χ4v) is 2.25. The molecule has 0 aliphatic rings. The van der Waals surface area contributed by atoms with Crippen LogP contribution in [0.2, 0.25) is 0 Å². The number of hydrogen-bond acceptors (Lipinski definition) is 4. The first-order valence-electron chi connectivity index (χ1n) is 7.34. The van der Waals surface area contributed by atoms with Crippen molar-refractivity contribution in [3.63, 3.8) is 0 Å². The third kappa shape index (κ3) is 4.58. The van der Waals surface area contributed by atoms with E-state index < -0.39 is 0 Å². The van der Waals surface area contributed by atoms with Crippen LogP contribution in [-0.2, 0) is 16.0 Å². The maximum Gasteiger partial charge on any atom is 0.242 e. The second-order valence-corrected chi connectivity index (χ2v) is 5.12. The lowest BCUT2D eigenvalue weighted by molar-refractivity contribution is -0.139. The zero-order valence-corrected chi connectivity index (χ0v) is 13.6. The molecule has 0 saturated heterocycles. The summed E-state index contributed by atoms with van der Waals surface area (Å²) in [6.45, 7) is 9.02. The maximum absolute atomic E-state index is 12.1. The molecule has 2 amide bonds. The molecule has 21 heavy (non-hydrogen) atoms. The van der Waals surface area contributed by atoms with E-state index in [4.69, 9.17) is 4.52 Å². The Morgan fingerprint density at radius 1 is 1.14 bits per heavy atom. The quantitative estimate of drug-likeness (QED) is 0.765. The molecule has 0 bridgehead atoms. The van der Waals surface area contributed by atoms with Crippen molar-refractivity contribution < 1.29 is 14.1 Å². The highest BCUT2D eigenvalue weighted by atomic mass is 16.5. The van der Waals surface area contributed by atoms with Gasteiger partial charge >= 0.3 is 0 Å². The molecule has 1 rings (SSSR count). The summed E-state index contributed by atoms with van der Waals surface area (Å²) in [4.78, 5) is 27.3. The van der Waals surface area contributed by atoms with Crippen molar-refractivity contribution in [2.75, 3.05) is 26.7 Å². The molecule has 0 aliphatic heterocycles. The standard InChI is InChI=1S/C15H25N3O3/c1-6-18(7-2)15(20)10-17(5)14(19)9-8-13-11(3)16-21-12(13)4/h6-10H2,1-5H3. The summed E-state index contributed by atoms with van der Waals surface area (Å²) in [5.74, 6) is 0.686. The van der Waals surface area contributed by atoms with Crippen molar-refractivity contribution in [1.29, 1.82) is 0 Å². The summed E-state index contributed by atoms with van der Waals surface area (Å²) in [6.07, 6.45) is 0.939. The molecule has 0 fully saturated rings. The third-order valence-corrected chi connectivity index (χ3v) is 3.68. The zero-order valence-electron chi connectivity index (χ0n) is 13.6. The summed E-state index contributed by atoms with van der Waals surface area (Å²) < 4.78 is 5.08. The first-order chi connectivity index (χ1) is 9.90. The first kappa shape index (κ1) is 17.2. The summed E-state index contributed by atoms with van der Waals surface area (Å²) in [5, 5.41) is 3.87. The maximum atomic E-state index is 12.1. The average molecular weight is 295 g/mol. The van der Waals surface area contributed by atoms with E-state index in [2.05, 4.69) is 5.16 Å². The van der Waals surface area contributed by atoms with Gasteiger partial charge < -0.3 is 14.3 Å². The number of hydrogen-bond donors (Lipinski definition) is 0. The Balaban J connectivity index is 2.50. The number of carbonyl (C=O) groups excluding carboxylic acids is 2. The molecule has 0 unspecified atom stereocenters. The summed E-state index contributed by atoms with van der Waals surface area (Å²) in [7, 11) is 1.66. The molecule has 1 aromatic rings. The van der Waals surface area contributed by atoms with Gasteiger partial charge in [0, 0.05) is 32.1 Å². The Kier molecular flexibility index (Phi) is 6.39. The summed E-state index contributed by atoms with van der Waals surface area (Å²) in [6, 6.07) is 0. The average Bonchev–Trinajstić information content (AvgIpc) is 2.76. The van der Waals surface area contributed by atoms with Gasteiger partial charge in [0.15, 0.2) is 0 Å². The number of amides is 2. The minimum atomic E-state index is -0.0458. The van der Waals surface area contributed by atoms with Crippen LogP contribution in [-0.4, -0.2) is 53.5 Å². The van der Waals surface area contributed by atoms with Crippen molar-refractivity contribution in [3.05, 3.63) is 17.0 Å². The SMILES string of the molecule is CCN(CC)C(=O)CN(C)C(=O)CCc1c(C)noc1C. The van der Waals surface area contributed by atoms with Gasteiger partial charge in [-0.3, -0.25) is 9.59 Å². The van der Waals surface area contributed by atoms with Crippen molar-refractivity contribution in [1.82, 2.24) is 15.0 Å². The number of aryl methyl sites for hydroxylation is 2. The van der Waals surface area contributed by atoms with Gasteiger partial charge in [-0.15, -0.1) is 0 Å². The van der Waals surface area contributed by atoms with E-state index in [9.17, 15) is 9.59 Å². The second-order valence-electron chi connectivity index (χ2n) is 5.12. The second kappa shape index (κ2) is 7.81. The molecule has 1 aromatic heterocycles. The fourth-order valence-electron chi connectivity index (χ4n) is 2.25. The van der Waals surface area contributed by atoms with Crippen LogP contribution in [0.15, 0.2) is 4.52 Å². The monoisotopic (exact) mass is 295 g/mol. The van der Waals surface area contributed by atoms with Crippen LogP contribution in [0.3, 0.4) is 0 Å². The number of nitrogens with zero attached hydrogens (tertiary/aromatic N) is 3. The van der Waals surface area contributed by atoms with Gasteiger partial charge in [-0.2, -0.15) is 0 Å². The third-order valence-electron chi connectivity index (χ3n) is 3.68. The minimum Gasteiger partial charge on any atom is -0.361 e. The van der Waals surface area contributed by atoms with Crippen molar-refractivity contribution in [2.45, 2.75) is 40.5 Å². The van der Waals surface area contributed by atoms with E-state index in [1.54, 1.807) is 11.9 Å². The van der Waals surface area contributed by atoms with Gasteiger partial charge in [-0.1, -0.05) is 5.16 Å². The van der Waals surface area contributed by atoms with Crippen LogP contribution < -0.4 is 0 Å². The molecule has 118 valence electrons. The highest BCUT2D eigenvalue weighted by molar-refractivity contribution is 5.84. The molecule has 1 heterocycles. The zero-order chi connectivity index (χ0) is 16.0. The molecule has 0 atom stereocenters. The van der Waals surface area contributed by atoms with Crippen LogP contribution in [0, 0.1) is 13.8 Å². The van der Waals surface area contributed by atoms with Gasteiger partial charge in [-0.25, -0.2) is 0 Å². The Bertz CT molecular complexity index is 473. The molecule has 0 saturated carbocycles. The molecular formula is C15H25N3O3. The number of aromatic nitrogens is 1. The lowest BCUT2D eigenvalue weighted by atomic mass is 10.1. The van der Waals surface area contributed by atoms with E-state index in [0.717, 1.165) is 17.0 Å². The Morgan fingerprint density at radius 3 is 2.24 bits per heavy atom. The fraction of sp³-hybridized carbons (Fsp3) is 0.667. The Labute approximate surface area is 126 Å². The molecule has 6 nitrogen and oxygen atoms in total. The largest absolute Gasteiger partial charge is 0.361 e. The predicted molar refractivity (Wildman–Crippen MR) is 79.9 cm³/mol. The van der Waals surface area contributed by atoms with E-state index in [1.807, 2.05) is 27.7 Å². The highest BCUT2D eigenvalue weighted by Gasteiger charge is 2.17. The number of rotatable bonds is 7. The van der Waals surface area contributed by atoms with E-state index in [-0.39, 0.29) is 18.4 Å². The molecule has 6 heteroatoms. The molecule has 0 spiro atoms. The van der Waals surface area contributed by atoms with Gasteiger partial charge in [0.1, 0.15) is 5.76 Å². The van der Waals surface area contributed by atoms with Crippen LogP contribution in [0.25, 0.3) is 0 Å². The van der Waals surface area contributed by atoms with Crippen molar-refractivity contribution >= 4 is 11.8 Å². The highest BCUT2D eigenvalue weighted by Crippen LogP contribution is 2.14. The lowest BCUT2D eigenvalue weighted by Crippen LogP contribution is -2.41. The predicted octanol–water partition coefficient (Wildman–Crippen LogP) is 1.55. The molecule has 0 radical (unpaired) electrons. The van der Waals surface area contributed by atoms with Crippen LogP contribution in [0.5, 0.6) is 0 Å². The topological polar surface area (TPSA) is 66.7 Å². The summed E-state index contributed by atoms with van der Waals surface area (Å²) in [5.41, 5.74) is 1.80. The molecule has 0 aliphatic carbocycles. The smallest absolute Gasteiger partial charge is 0.242 e. The summed E-state index contributed by atoms with van der Waals surface area (Å²) >= 11 is 0. The van der Waals surface area contributed by atoms with E-state index >= 15 is 0 Å². The van der Waals surface area contributed by atoms with E-state index in [0.29, 0.717) is 25.9 Å². The number of likely N-dealkylation sites (N-methyl/N-ethyl adjacent to an activating group) is 2. The van der Waals surface area contributed by atoms with Crippen LogP contribution in [0.1, 0.15) is 37.3 Å². The van der Waals surface area contributed by atoms with Crippen molar-refractivity contribution in [3.8, 4) is 0 Å². The number of carbonyl (C=O) groups is 2. The van der Waals surface area contributed by atoms with Crippen molar-refractivity contribution in [2.24, 2.45) is 0 Å². The van der Waals surface area contributed by atoms with E-state index in [1.165, 1.54) is 4.90 Å². The van der Waals surface area contributed by atoms with Crippen LogP contribution in [0.4, 0.5) is 0 Å². The molecular weight excluding hydrogens is 270 g/mol. The van der Waals surface area contributed by atoms with Gasteiger partial charge in [-0.05, 0) is 34.1 Å². The van der Waals surface area contributed by atoms with Crippen LogP contribution >= 0.6 is 0 Å². The van der Waals surface area contributed by atoms with Gasteiger partial charge in [0.2, 0.25) is 11.8 Å². The Morgan fingerprint density at radius 2 is 1.76 bits per heavy atom. The normalized spacial score (nSPS) is 10.5. The minimum absolute atomic E-state index is 0.0202. The first-order valence-corrected chi connectivity index (χ1v) is 7.34. The van der Waals surface area contributed by atoms with Gasteiger partial charge in [0.05, 0.1) is 12.2 Å². The lowest BCUT2D eigenvalue weighted by Gasteiger charge is -2.23.